The number of aryl methyl sites for hydroxylation is 1. The summed E-state index contributed by atoms with van der Waals surface area (Å²) in [6.45, 7) is 5.76. The molecule has 2 aromatic rings. The highest BCUT2D eigenvalue weighted by Crippen LogP contribution is 2.65. The molecule has 35 heavy (non-hydrogen) atoms. The SMILES string of the molecule is Cc1ccc(C(C)C(=O)Oc2ccc3c4c2O[C@H]2C(=O)CC[C@@]5(O)[C@@H](C3)N(CC3CC3)CC[C@]425)s1. The fourth-order valence-corrected chi connectivity index (χ4v) is 8.25. The third kappa shape index (κ3) is 2.95. The van der Waals surface area contributed by atoms with Crippen LogP contribution in [0.1, 0.15) is 65.8 Å². The van der Waals surface area contributed by atoms with Crippen LogP contribution in [0, 0.1) is 12.8 Å². The number of Topliss-reactive ketones (excluding diaryl/α,β-unsaturated/α-hetero) is 1. The number of carbonyl (C=O) groups is 2. The fourth-order valence-electron chi connectivity index (χ4n) is 7.33. The molecular weight excluding hydrogens is 462 g/mol. The quantitative estimate of drug-likeness (QED) is 0.503. The minimum absolute atomic E-state index is 0.00927. The Hall–Kier alpha value is -2.22. The fraction of sp³-hybridized carbons (Fsp3) is 0.571. The van der Waals surface area contributed by atoms with Crippen molar-refractivity contribution >= 4 is 23.1 Å². The van der Waals surface area contributed by atoms with Crippen molar-refractivity contribution in [1.82, 2.24) is 4.90 Å². The summed E-state index contributed by atoms with van der Waals surface area (Å²) in [5.74, 6) is 0.917. The molecule has 7 heteroatoms. The molecule has 1 saturated heterocycles. The zero-order valence-electron chi connectivity index (χ0n) is 20.2. The minimum Gasteiger partial charge on any atom is -0.477 e. The average molecular weight is 494 g/mol. The van der Waals surface area contributed by atoms with Crippen LogP contribution in [-0.4, -0.2) is 52.6 Å². The summed E-state index contributed by atoms with van der Waals surface area (Å²) in [7, 11) is 0. The maximum atomic E-state index is 13.2. The van der Waals surface area contributed by atoms with E-state index in [1.807, 2.05) is 38.1 Å². The minimum atomic E-state index is -1.01. The standard InChI is InChI=1S/C28H31NO5S/c1-15-3-8-21(35-15)16(2)26(31)33-20-7-6-18-13-22-28(32)10-9-19(30)25-27(28,23(18)24(20)34-25)11-12-29(22)14-17-4-5-17/h3,6-8,16-17,22,25,32H,4-5,9-14H2,1-2H3/t16?,22-,25+,27+,28-/m1/s1. The van der Waals surface area contributed by atoms with Gasteiger partial charge in [0.2, 0.25) is 0 Å². The van der Waals surface area contributed by atoms with Gasteiger partial charge in [0, 0.05) is 34.3 Å². The molecule has 2 aliphatic heterocycles. The summed E-state index contributed by atoms with van der Waals surface area (Å²) in [5.41, 5.74) is 0.273. The summed E-state index contributed by atoms with van der Waals surface area (Å²) in [6, 6.07) is 7.82. The van der Waals surface area contributed by atoms with Gasteiger partial charge in [-0.1, -0.05) is 6.07 Å². The molecule has 2 bridgehead atoms. The summed E-state index contributed by atoms with van der Waals surface area (Å²) in [6.07, 6.45) is 4.05. The molecule has 1 aromatic heterocycles. The van der Waals surface area contributed by atoms with Crippen molar-refractivity contribution in [2.75, 3.05) is 13.1 Å². The zero-order chi connectivity index (χ0) is 24.1. The summed E-state index contributed by atoms with van der Waals surface area (Å²) in [4.78, 5) is 30.9. The Kier molecular flexibility index (Phi) is 4.66. The monoisotopic (exact) mass is 493 g/mol. The van der Waals surface area contributed by atoms with Gasteiger partial charge in [-0.15, -0.1) is 11.3 Å². The van der Waals surface area contributed by atoms with E-state index in [2.05, 4.69) is 4.90 Å². The lowest BCUT2D eigenvalue weighted by Gasteiger charge is -2.62. The number of rotatable bonds is 5. The highest BCUT2D eigenvalue weighted by atomic mass is 32.1. The first kappa shape index (κ1) is 22.0. The van der Waals surface area contributed by atoms with Crippen LogP contribution in [0.2, 0.25) is 0 Å². The number of piperidine rings is 1. The van der Waals surface area contributed by atoms with Crippen molar-refractivity contribution in [2.24, 2.45) is 5.92 Å². The Morgan fingerprint density at radius 1 is 1.29 bits per heavy atom. The van der Waals surface area contributed by atoms with E-state index in [0.29, 0.717) is 30.8 Å². The van der Waals surface area contributed by atoms with Crippen LogP contribution in [0.4, 0.5) is 0 Å². The number of ketones is 1. The Balaban J connectivity index is 1.29. The van der Waals surface area contributed by atoms with Gasteiger partial charge in [0.15, 0.2) is 23.4 Å². The van der Waals surface area contributed by atoms with E-state index in [4.69, 9.17) is 9.47 Å². The first-order valence-corrected chi connectivity index (χ1v) is 13.7. The highest BCUT2D eigenvalue weighted by molar-refractivity contribution is 7.12. The number of hydrogen-bond donors (Lipinski definition) is 1. The van der Waals surface area contributed by atoms with E-state index in [9.17, 15) is 14.7 Å². The second-order valence-corrected chi connectivity index (χ2v) is 12.6. The Bertz CT molecular complexity index is 1250. The normalized spacial score (nSPS) is 33.7. The van der Waals surface area contributed by atoms with Gasteiger partial charge in [0.1, 0.15) is 0 Å². The van der Waals surface area contributed by atoms with Crippen molar-refractivity contribution < 1.29 is 24.2 Å². The lowest BCUT2D eigenvalue weighted by molar-refractivity contribution is -0.188. The van der Waals surface area contributed by atoms with Crippen LogP contribution < -0.4 is 9.47 Å². The lowest BCUT2D eigenvalue weighted by Crippen LogP contribution is -2.76. The number of ether oxygens (including phenoxy) is 2. The molecule has 6 nitrogen and oxygen atoms in total. The van der Waals surface area contributed by atoms with Gasteiger partial charge in [-0.3, -0.25) is 14.5 Å². The van der Waals surface area contributed by atoms with Crippen LogP contribution in [0.15, 0.2) is 24.3 Å². The van der Waals surface area contributed by atoms with Crippen LogP contribution in [0.5, 0.6) is 11.5 Å². The highest BCUT2D eigenvalue weighted by Gasteiger charge is 2.73. The molecule has 0 amide bonds. The largest absolute Gasteiger partial charge is 0.477 e. The van der Waals surface area contributed by atoms with Crippen LogP contribution in [0.25, 0.3) is 0 Å². The van der Waals surface area contributed by atoms with Gasteiger partial charge in [0.25, 0.3) is 0 Å². The lowest BCUT2D eigenvalue weighted by atomic mass is 9.49. The average Bonchev–Trinajstić information content (AvgIpc) is 3.42. The van der Waals surface area contributed by atoms with E-state index in [1.165, 1.54) is 12.8 Å². The van der Waals surface area contributed by atoms with Gasteiger partial charge in [-0.2, -0.15) is 0 Å². The van der Waals surface area contributed by atoms with Gasteiger partial charge in [-0.25, -0.2) is 0 Å². The second-order valence-electron chi connectivity index (χ2n) is 11.3. The number of esters is 1. The van der Waals surface area contributed by atoms with E-state index in [0.717, 1.165) is 46.3 Å². The maximum absolute atomic E-state index is 13.2. The molecule has 3 fully saturated rings. The Labute approximate surface area is 209 Å². The summed E-state index contributed by atoms with van der Waals surface area (Å²) < 4.78 is 12.3. The Morgan fingerprint density at radius 2 is 2.11 bits per heavy atom. The molecule has 3 heterocycles. The van der Waals surface area contributed by atoms with Crippen molar-refractivity contribution in [2.45, 2.75) is 81.5 Å². The van der Waals surface area contributed by atoms with Crippen molar-refractivity contribution in [1.29, 1.82) is 0 Å². The van der Waals surface area contributed by atoms with Crippen molar-refractivity contribution in [3.05, 3.63) is 45.1 Å². The third-order valence-electron chi connectivity index (χ3n) is 9.30. The number of likely N-dealkylation sites (tertiary alicyclic amines) is 1. The number of thiophene rings is 1. The molecule has 184 valence electrons. The van der Waals surface area contributed by atoms with Gasteiger partial charge >= 0.3 is 5.97 Å². The van der Waals surface area contributed by atoms with E-state index >= 15 is 0 Å². The van der Waals surface area contributed by atoms with Gasteiger partial charge in [0.05, 0.1) is 16.9 Å². The van der Waals surface area contributed by atoms with Crippen molar-refractivity contribution in [3.63, 3.8) is 0 Å². The summed E-state index contributed by atoms with van der Waals surface area (Å²) in [5, 5.41) is 12.4. The second kappa shape index (κ2) is 7.40. The van der Waals surface area contributed by atoms with Crippen LogP contribution >= 0.6 is 11.3 Å². The third-order valence-corrected chi connectivity index (χ3v) is 10.5. The first-order valence-electron chi connectivity index (χ1n) is 12.9. The summed E-state index contributed by atoms with van der Waals surface area (Å²) >= 11 is 1.59. The molecule has 0 radical (unpaired) electrons. The van der Waals surface area contributed by atoms with E-state index in [1.54, 1.807) is 11.3 Å². The molecule has 1 aromatic carbocycles. The predicted molar refractivity (Wildman–Crippen MR) is 131 cm³/mol. The zero-order valence-corrected chi connectivity index (χ0v) is 21.0. The predicted octanol–water partition coefficient (Wildman–Crippen LogP) is 3.90. The van der Waals surface area contributed by atoms with E-state index < -0.39 is 23.0 Å². The van der Waals surface area contributed by atoms with Gasteiger partial charge < -0.3 is 14.6 Å². The number of carbonyl (C=O) groups excluding carboxylic acids is 2. The molecule has 5 atom stereocenters. The molecular formula is C28H31NO5S. The smallest absolute Gasteiger partial charge is 0.319 e. The van der Waals surface area contributed by atoms with E-state index in [-0.39, 0.29) is 17.8 Å². The Morgan fingerprint density at radius 3 is 2.86 bits per heavy atom. The van der Waals surface area contributed by atoms with Crippen LogP contribution in [0.3, 0.4) is 0 Å². The van der Waals surface area contributed by atoms with Crippen molar-refractivity contribution in [3.8, 4) is 11.5 Å². The number of benzene rings is 1. The number of aliphatic hydroxyl groups is 1. The van der Waals surface area contributed by atoms with Gasteiger partial charge in [-0.05, 0) is 82.2 Å². The van der Waals surface area contributed by atoms with Crippen LogP contribution in [-0.2, 0) is 21.4 Å². The molecule has 7 rings (SSSR count). The molecule has 3 aliphatic carbocycles. The maximum Gasteiger partial charge on any atom is 0.319 e. The first-order chi connectivity index (χ1) is 16.8. The molecule has 1 spiro atoms. The molecule has 1 unspecified atom stereocenters. The molecule has 1 N–H and O–H groups in total. The molecule has 2 saturated carbocycles. The topological polar surface area (TPSA) is 76.1 Å². The number of nitrogens with zero attached hydrogens (tertiary/aromatic N) is 1. The molecule has 5 aliphatic rings. The number of hydrogen-bond acceptors (Lipinski definition) is 7.